The number of nitrogens with two attached hydrogens (primary N) is 1. The minimum Gasteiger partial charge on any atom is -0.497 e. The van der Waals surface area contributed by atoms with Crippen molar-refractivity contribution < 1.29 is 13.9 Å². The van der Waals surface area contributed by atoms with Crippen LogP contribution in [0, 0.1) is 12.7 Å². The Morgan fingerprint density at radius 2 is 1.90 bits per heavy atom. The van der Waals surface area contributed by atoms with Crippen LogP contribution in [-0.2, 0) is 4.79 Å². The predicted molar refractivity (Wildman–Crippen MR) is 79.7 cm³/mol. The number of methoxy groups -OCH3 is 1. The summed E-state index contributed by atoms with van der Waals surface area (Å²) in [6.45, 7) is 1.64. The molecule has 1 atom stereocenters. The molecule has 110 valence electrons. The highest BCUT2D eigenvalue weighted by Crippen LogP contribution is 2.23. The molecule has 0 aliphatic heterocycles. The lowest BCUT2D eigenvalue weighted by atomic mass is 10.0. The number of nitrogens with one attached hydrogen (secondary N) is 1. The third-order valence-electron chi connectivity index (χ3n) is 3.20. The molecule has 0 aromatic heterocycles. The van der Waals surface area contributed by atoms with Crippen molar-refractivity contribution in [1.82, 2.24) is 0 Å². The zero-order chi connectivity index (χ0) is 15.4. The Hall–Kier alpha value is -2.56. The summed E-state index contributed by atoms with van der Waals surface area (Å²) in [4.78, 5) is 11.7. The molecular formula is C16H17FN2O2. The first-order valence-electron chi connectivity index (χ1n) is 6.47. The van der Waals surface area contributed by atoms with Crippen molar-refractivity contribution in [2.45, 2.75) is 13.0 Å². The first-order chi connectivity index (χ1) is 10.0. The normalized spacial score (nSPS) is 11.8. The highest BCUT2D eigenvalue weighted by Gasteiger charge is 2.18. The first-order valence-corrected chi connectivity index (χ1v) is 6.47. The van der Waals surface area contributed by atoms with Gasteiger partial charge in [0.2, 0.25) is 5.91 Å². The molecule has 3 N–H and O–H groups in total. The standard InChI is InChI=1S/C16H17FN2O2/c1-10-9-11(3-8-14(10)17)15(16(18)20)19-12-4-6-13(21-2)7-5-12/h3-9,15,19H,1-2H3,(H2,18,20). The lowest BCUT2D eigenvalue weighted by Gasteiger charge is -2.18. The van der Waals surface area contributed by atoms with Crippen molar-refractivity contribution in [1.29, 1.82) is 0 Å². The molecule has 0 saturated heterocycles. The second-order valence-corrected chi connectivity index (χ2v) is 4.72. The van der Waals surface area contributed by atoms with Crippen molar-refractivity contribution in [3.8, 4) is 5.75 Å². The van der Waals surface area contributed by atoms with E-state index >= 15 is 0 Å². The Kier molecular flexibility index (Phi) is 4.42. The number of aryl methyl sites for hydroxylation is 1. The van der Waals surface area contributed by atoms with Crippen molar-refractivity contribution in [2.24, 2.45) is 5.73 Å². The summed E-state index contributed by atoms with van der Waals surface area (Å²) in [6.07, 6.45) is 0. The van der Waals surface area contributed by atoms with Crippen LogP contribution < -0.4 is 15.8 Å². The van der Waals surface area contributed by atoms with Gasteiger partial charge >= 0.3 is 0 Å². The fourth-order valence-corrected chi connectivity index (χ4v) is 2.02. The number of amides is 1. The average Bonchev–Trinajstić information content (AvgIpc) is 2.48. The van der Waals surface area contributed by atoms with Crippen LogP contribution >= 0.6 is 0 Å². The van der Waals surface area contributed by atoms with Crippen LogP contribution in [0.15, 0.2) is 42.5 Å². The molecule has 0 saturated carbocycles. The molecule has 0 bridgehead atoms. The van der Waals surface area contributed by atoms with Crippen molar-refractivity contribution in [3.63, 3.8) is 0 Å². The van der Waals surface area contributed by atoms with Gasteiger partial charge in [0, 0.05) is 5.69 Å². The molecule has 0 heterocycles. The van der Waals surface area contributed by atoms with Gasteiger partial charge in [-0.2, -0.15) is 0 Å². The number of carbonyl (C=O) groups excluding carboxylic acids is 1. The molecule has 1 amide bonds. The fraction of sp³-hybridized carbons (Fsp3) is 0.188. The minimum absolute atomic E-state index is 0.314. The number of primary amides is 1. The molecule has 1 unspecified atom stereocenters. The molecule has 5 heteroatoms. The lowest BCUT2D eigenvalue weighted by molar-refractivity contribution is -0.118. The van der Waals surface area contributed by atoms with E-state index in [2.05, 4.69) is 5.32 Å². The minimum atomic E-state index is -0.724. The van der Waals surface area contributed by atoms with Crippen molar-refractivity contribution in [2.75, 3.05) is 12.4 Å². The fourth-order valence-electron chi connectivity index (χ4n) is 2.02. The molecule has 0 aliphatic rings. The number of halogens is 1. The number of carbonyl (C=O) groups is 1. The summed E-state index contributed by atoms with van der Waals surface area (Å²) >= 11 is 0. The van der Waals surface area contributed by atoms with Gasteiger partial charge < -0.3 is 15.8 Å². The van der Waals surface area contributed by atoms with Crippen LogP contribution in [0.2, 0.25) is 0 Å². The van der Waals surface area contributed by atoms with E-state index in [4.69, 9.17) is 10.5 Å². The smallest absolute Gasteiger partial charge is 0.244 e. The number of rotatable bonds is 5. The lowest BCUT2D eigenvalue weighted by Crippen LogP contribution is -2.27. The van der Waals surface area contributed by atoms with Gasteiger partial charge in [0.1, 0.15) is 17.6 Å². The van der Waals surface area contributed by atoms with E-state index in [1.54, 1.807) is 50.4 Å². The Morgan fingerprint density at radius 3 is 2.43 bits per heavy atom. The van der Waals surface area contributed by atoms with Gasteiger partial charge in [-0.25, -0.2) is 4.39 Å². The number of anilines is 1. The summed E-state index contributed by atoms with van der Waals surface area (Å²) in [7, 11) is 1.58. The van der Waals surface area contributed by atoms with Gasteiger partial charge in [-0.3, -0.25) is 4.79 Å². The van der Waals surface area contributed by atoms with Crippen LogP contribution in [0.4, 0.5) is 10.1 Å². The Balaban J connectivity index is 2.26. The maximum Gasteiger partial charge on any atom is 0.244 e. The van der Waals surface area contributed by atoms with Crippen LogP contribution in [0.1, 0.15) is 17.2 Å². The molecule has 0 radical (unpaired) electrons. The molecular weight excluding hydrogens is 271 g/mol. The molecule has 2 aromatic carbocycles. The van der Waals surface area contributed by atoms with E-state index in [1.807, 2.05) is 0 Å². The SMILES string of the molecule is COc1ccc(NC(C(N)=O)c2ccc(F)c(C)c2)cc1. The van der Waals surface area contributed by atoms with E-state index in [1.165, 1.54) is 6.07 Å². The number of hydrogen-bond acceptors (Lipinski definition) is 3. The summed E-state index contributed by atoms with van der Waals surface area (Å²) in [5.74, 6) is -0.128. The summed E-state index contributed by atoms with van der Waals surface area (Å²) in [5.41, 5.74) is 7.25. The Bertz CT molecular complexity index is 641. The quantitative estimate of drug-likeness (QED) is 0.889. The highest BCUT2D eigenvalue weighted by molar-refractivity contribution is 5.84. The van der Waals surface area contributed by atoms with Crippen LogP contribution in [0.3, 0.4) is 0 Å². The Morgan fingerprint density at radius 1 is 1.24 bits per heavy atom. The number of ether oxygens (including phenoxy) is 1. The Labute approximate surface area is 122 Å². The zero-order valence-corrected chi connectivity index (χ0v) is 11.9. The summed E-state index contributed by atoms with van der Waals surface area (Å²) in [6, 6.07) is 10.9. The molecule has 2 aromatic rings. The van der Waals surface area contributed by atoms with Gasteiger partial charge in [-0.1, -0.05) is 12.1 Å². The predicted octanol–water partition coefficient (Wildman–Crippen LogP) is 2.78. The second kappa shape index (κ2) is 6.26. The highest BCUT2D eigenvalue weighted by atomic mass is 19.1. The molecule has 21 heavy (non-hydrogen) atoms. The molecule has 2 rings (SSSR count). The van der Waals surface area contributed by atoms with E-state index in [0.717, 1.165) is 5.69 Å². The zero-order valence-electron chi connectivity index (χ0n) is 11.9. The first kappa shape index (κ1) is 14.8. The van der Waals surface area contributed by atoms with E-state index in [9.17, 15) is 9.18 Å². The summed E-state index contributed by atoms with van der Waals surface area (Å²) < 4.78 is 18.4. The van der Waals surface area contributed by atoms with Gasteiger partial charge in [0.15, 0.2) is 0 Å². The maximum atomic E-state index is 13.3. The topological polar surface area (TPSA) is 64.3 Å². The van der Waals surface area contributed by atoms with Gasteiger partial charge in [0.25, 0.3) is 0 Å². The largest absolute Gasteiger partial charge is 0.497 e. The third kappa shape index (κ3) is 3.51. The van der Waals surface area contributed by atoms with Gasteiger partial charge in [0.05, 0.1) is 7.11 Å². The average molecular weight is 288 g/mol. The van der Waals surface area contributed by atoms with Crippen LogP contribution in [0.5, 0.6) is 5.75 Å². The molecule has 0 spiro atoms. The number of benzene rings is 2. The monoisotopic (exact) mass is 288 g/mol. The molecule has 0 aliphatic carbocycles. The van der Waals surface area contributed by atoms with E-state index < -0.39 is 11.9 Å². The molecule has 4 nitrogen and oxygen atoms in total. The van der Waals surface area contributed by atoms with Crippen molar-refractivity contribution in [3.05, 3.63) is 59.4 Å². The van der Waals surface area contributed by atoms with E-state index in [-0.39, 0.29) is 5.82 Å². The summed E-state index contributed by atoms with van der Waals surface area (Å²) in [5, 5.41) is 3.04. The third-order valence-corrected chi connectivity index (χ3v) is 3.20. The van der Waals surface area contributed by atoms with Crippen LogP contribution in [0.25, 0.3) is 0 Å². The molecule has 0 fully saturated rings. The van der Waals surface area contributed by atoms with Gasteiger partial charge in [-0.15, -0.1) is 0 Å². The second-order valence-electron chi connectivity index (χ2n) is 4.72. The van der Waals surface area contributed by atoms with Crippen molar-refractivity contribution >= 4 is 11.6 Å². The number of hydrogen-bond donors (Lipinski definition) is 2. The van der Waals surface area contributed by atoms with Gasteiger partial charge in [-0.05, 0) is 48.4 Å². The van der Waals surface area contributed by atoms with Crippen LogP contribution in [-0.4, -0.2) is 13.0 Å². The maximum absolute atomic E-state index is 13.3. The van der Waals surface area contributed by atoms with E-state index in [0.29, 0.717) is 16.9 Å².